The van der Waals surface area contributed by atoms with E-state index in [0.717, 1.165) is 27.9 Å². The van der Waals surface area contributed by atoms with Crippen molar-refractivity contribution in [2.75, 3.05) is 0 Å². The smallest absolute Gasteiger partial charge is 0.273 e. The maximum atomic E-state index is 13.3. The molecular formula is C23H17ClN4O. The molecule has 1 aliphatic rings. The number of aromatic amines is 1. The highest BCUT2D eigenvalue weighted by atomic mass is 35.5. The first kappa shape index (κ1) is 17.6. The SMILES string of the molecule is O=C1c2[nH]nc(-c3ccccc3)c2C(c2ccc(Cl)cc2)N1Cc1cccnc1. The third-order valence-electron chi connectivity index (χ3n) is 5.17. The molecule has 5 rings (SSSR count). The summed E-state index contributed by atoms with van der Waals surface area (Å²) < 4.78 is 0. The van der Waals surface area contributed by atoms with E-state index >= 15 is 0 Å². The summed E-state index contributed by atoms with van der Waals surface area (Å²) in [4.78, 5) is 19.3. The Morgan fingerprint density at radius 3 is 2.52 bits per heavy atom. The van der Waals surface area contributed by atoms with E-state index in [0.29, 0.717) is 17.3 Å². The van der Waals surface area contributed by atoms with Gasteiger partial charge >= 0.3 is 0 Å². The molecule has 0 fully saturated rings. The van der Waals surface area contributed by atoms with Crippen molar-refractivity contribution >= 4 is 17.5 Å². The predicted molar refractivity (Wildman–Crippen MR) is 111 cm³/mol. The van der Waals surface area contributed by atoms with Gasteiger partial charge in [-0.1, -0.05) is 60.1 Å². The predicted octanol–water partition coefficient (Wildman–Crippen LogP) is 4.87. The molecule has 1 unspecified atom stereocenters. The van der Waals surface area contributed by atoms with Crippen molar-refractivity contribution in [2.45, 2.75) is 12.6 Å². The molecule has 0 bridgehead atoms. The van der Waals surface area contributed by atoms with E-state index in [1.807, 2.05) is 71.6 Å². The van der Waals surface area contributed by atoms with Crippen molar-refractivity contribution in [3.05, 3.63) is 107 Å². The van der Waals surface area contributed by atoms with Gasteiger partial charge in [-0.05, 0) is 29.3 Å². The lowest BCUT2D eigenvalue weighted by molar-refractivity contribution is 0.0730. The minimum atomic E-state index is -0.260. The van der Waals surface area contributed by atoms with Crippen molar-refractivity contribution < 1.29 is 4.79 Å². The van der Waals surface area contributed by atoms with Crippen LogP contribution >= 0.6 is 11.6 Å². The molecule has 0 aliphatic carbocycles. The lowest BCUT2D eigenvalue weighted by Gasteiger charge is -2.26. The number of hydrogen-bond donors (Lipinski definition) is 1. The Kier molecular flexibility index (Phi) is 4.37. The van der Waals surface area contributed by atoms with Gasteiger partial charge in [0.1, 0.15) is 5.69 Å². The molecule has 2 aromatic heterocycles. The summed E-state index contributed by atoms with van der Waals surface area (Å²) in [5, 5.41) is 8.12. The number of halogens is 1. The fourth-order valence-corrected chi connectivity index (χ4v) is 3.98. The van der Waals surface area contributed by atoms with Crippen LogP contribution in [-0.4, -0.2) is 26.0 Å². The van der Waals surface area contributed by atoms with Crippen LogP contribution in [0.15, 0.2) is 79.1 Å². The number of nitrogens with zero attached hydrogens (tertiary/aromatic N) is 3. The van der Waals surface area contributed by atoms with Gasteiger partial charge < -0.3 is 4.90 Å². The van der Waals surface area contributed by atoms with Crippen molar-refractivity contribution in [2.24, 2.45) is 0 Å². The Hall–Kier alpha value is -3.44. The van der Waals surface area contributed by atoms with Gasteiger partial charge in [0, 0.05) is 35.1 Å². The van der Waals surface area contributed by atoms with E-state index < -0.39 is 0 Å². The molecule has 0 radical (unpaired) electrons. The third-order valence-corrected chi connectivity index (χ3v) is 5.42. The molecule has 0 saturated heterocycles. The summed E-state index contributed by atoms with van der Waals surface area (Å²) in [6.07, 6.45) is 3.52. The average Bonchev–Trinajstić information content (AvgIpc) is 3.30. The Morgan fingerprint density at radius 1 is 1.00 bits per heavy atom. The largest absolute Gasteiger partial charge is 0.322 e. The number of pyridine rings is 1. The highest BCUT2D eigenvalue weighted by molar-refractivity contribution is 6.30. The van der Waals surface area contributed by atoms with Gasteiger partial charge in [-0.3, -0.25) is 14.9 Å². The van der Waals surface area contributed by atoms with E-state index in [9.17, 15) is 4.79 Å². The summed E-state index contributed by atoms with van der Waals surface area (Å²) in [5.41, 5.74) is 5.16. The molecule has 1 amide bonds. The Balaban J connectivity index is 1.65. The van der Waals surface area contributed by atoms with Gasteiger partial charge in [-0.25, -0.2) is 0 Å². The maximum absolute atomic E-state index is 13.3. The lowest BCUT2D eigenvalue weighted by atomic mass is 9.96. The molecular weight excluding hydrogens is 384 g/mol. The van der Waals surface area contributed by atoms with Crippen LogP contribution in [0.25, 0.3) is 11.3 Å². The summed E-state index contributed by atoms with van der Waals surface area (Å²) in [7, 11) is 0. The minimum Gasteiger partial charge on any atom is -0.322 e. The van der Waals surface area contributed by atoms with E-state index in [1.165, 1.54) is 0 Å². The highest BCUT2D eigenvalue weighted by Crippen LogP contribution is 2.43. The van der Waals surface area contributed by atoms with Gasteiger partial charge in [-0.15, -0.1) is 0 Å². The number of nitrogens with one attached hydrogen (secondary N) is 1. The number of amides is 1. The number of benzene rings is 2. The number of hydrogen-bond acceptors (Lipinski definition) is 3. The highest BCUT2D eigenvalue weighted by Gasteiger charge is 2.42. The van der Waals surface area contributed by atoms with Crippen molar-refractivity contribution in [1.29, 1.82) is 0 Å². The molecule has 6 heteroatoms. The van der Waals surface area contributed by atoms with Gasteiger partial charge in [-0.2, -0.15) is 5.10 Å². The van der Waals surface area contributed by atoms with Crippen LogP contribution in [-0.2, 0) is 6.54 Å². The van der Waals surface area contributed by atoms with Crippen LogP contribution < -0.4 is 0 Å². The molecule has 2 aromatic carbocycles. The van der Waals surface area contributed by atoms with Gasteiger partial charge in [0.05, 0.1) is 11.7 Å². The van der Waals surface area contributed by atoms with Crippen LogP contribution in [0, 0.1) is 0 Å². The number of carbonyl (C=O) groups excluding carboxylic acids is 1. The lowest BCUT2D eigenvalue weighted by Crippen LogP contribution is -2.29. The van der Waals surface area contributed by atoms with Crippen LogP contribution in [0.4, 0.5) is 0 Å². The molecule has 1 atom stereocenters. The zero-order valence-corrected chi connectivity index (χ0v) is 16.2. The van der Waals surface area contributed by atoms with Crippen molar-refractivity contribution in [3.63, 3.8) is 0 Å². The molecule has 0 saturated carbocycles. The zero-order chi connectivity index (χ0) is 19.8. The first-order valence-electron chi connectivity index (χ1n) is 9.31. The Bertz CT molecular complexity index is 1160. The summed E-state index contributed by atoms with van der Waals surface area (Å²) >= 11 is 6.11. The van der Waals surface area contributed by atoms with Crippen molar-refractivity contribution in [1.82, 2.24) is 20.1 Å². The Labute approximate surface area is 173 Å². The summed E-state index contributed by atoms with van der Waals surface area (Å²) in [6.45, 7) is 0.455. The van der Waals surface area contributed by atoms with Gasteiger partial charge in [0.2, 0.25) is 0 Å². The van der Waals surface area contributed by atoms with Crippen LogP contribution in [0.1, 0.15) is 33.2 Å². The molecule has 142 valence electrons. The van der Waals surface area contributed by atoms with E-state index in [2.05, 4.69) is 15.2 Å². The molecule has 29 heavy (non-hydrogen) atoms. The molecule has 4 aromatic rings. The van der Waals surface area contributed by atoms with E-state index in [4.69, 9.17) is 11.6 Å². The first-order valence-corrected chi connectivity index (χ1v) is 9.69. The zero-order valence-electron chi connectivity index (χ0n) is 15.4. The molecule has 5 nitrogen and oxygen atoms in total. The van der Waals surface area contributed by atoms with Gasteiger partial charge in [0.25, 0.3) is 5.91 Å². The molecule has 0 spiro atoms. The molecule has 1 aliphatic heterocycles. The molecule has 3 heterocycles. The van der Waals surface area contributed by atoms with Crippen LogP contribution in [0.3, 0.4) is 0 Å². The second-order valence-corrected chi connectivity index (χ2v) is 7.41. The average molecular weight is 401 g/mol. The summed E-state index contributed by atoms with van der Waals surface area (Å²) in [6, 6.07) is 21.1. The standard InChI is InChI=1S/C23H17ClN4O/c24-18-10-8-17(9-11-18)22-19-20(16-6-2-1-3-7-16)26-27-21(19)23(29)28(22)14-15-5-4-12-25-13-15/h1-13,22H,14H2,(H,26,27). The number of aromatic nitrogens is 3. The second kappa shape index (κ2) is 7.18. The van der Waals surface area contributed by atoms with E-state index in [-0.39, 0.29) is 11.9 Å². The molecule has 1 N–H and O–H groups in total. The monoisotopic (exact) mass is 400 g/mol. The quantitative estimate of drug-likeness (QED) is 0.531. The number of H-pyrrole nitrogens is 1. The second-order valence-electron chi connectivity index (χ2n) is 6.98. The van der Waals surface area contributed by atoms with Crippen LogP contribution in [0.2, 0.25) is 5.02 Å². The number of fused-ring (bicyclic) bond motifs is 1. The van der Waals surface area contributed by atoms with Crippen LogP contribution in [0.5, 0.6) is 0 Å². The van der Waals surface area contributed by atoms with Crippen molar-refractivity contribution in [3.8, 4) is 11.3 Å². The van der Waals surface area contributed by atoms with E-state index in [1.54, 1.807) is 12.4 Å². The topological polar surface area (TPSA) is 61.9 Å². The Morgan fingerprint density at radius 2 is 1.79 bits per heavy atom. The fourth-order valence-electron chi connectivity index (χ4n) is 3.86. The third kappa shape index (κ3) is 3.09. The number of rotatable bonds is 4. The minimum absolute atomic E-state index is 0.0708. The van der Waals surface area contributed by atoms with Gasteiger partial charge in [0.15, 0.2) is 0 Å². The normalized spacial score (nSPS) is 15.6. The number of carbonyl (C=O) groups is 1. The first-order chi connectivity index (χ1) is 14.2. The maximum Gasteiger partial charge on any atom is 0.273 e. The fraction of sp³-hybridized carbons (Fsp3) is 0.0870. The summed E-state index contributed by atoms with van der Waals surface area (Å²) in [5.74, 6) is -0.0708.